The van der Waals surface area contributed by atoms with E-state index in [0.29, 0.717) is 5.56 Å². The minimum absolute atomic E-state index is 0.0225. The summed E-state index contributed by atoms with van der Waals surface area (Å²) in [5, 5.41) is 2.72. The second-order valence-corrected chi connectivity index (χ2v) is 6.76. The number of halogens is 1. The zero-order valence-corrected chi connectivity index (χ0v) is 14.8. The van der Waals surface area contributed by atoms with Crippen molar-refractivity contribution in [3.63, 3.8) is 0 Å². The molecule has 24 heavy (non-hydrogen) atoms. The van der Waals surface area contributed by atoms with Crippen LogP contribution in [0.3, 0.4) is 0 Å². The van der Waals surface area contributed by atoms with Crippen LogP contribution in [0.15, 0.2) is 59.1 Å². The Balaban J connectivity index is 1.61. The molecule has 2 amide bonds. The Morgan fingerprint density at radius 3 is 2.67 bits per heavy atom. The van der Waals surface area contributed by atoms with Gasteiger partial charge in [0.05, 0.1) is 12.6 Å². The Morgan fingerprint density at radius 1 is 1.12 bits per heavy atom. The van der Waals surface area contributed by atoms with Crippen LogP contribution in [0.25, 0.3) is 0 Å². The van der Waals surface area contributed by atoms with E-state index in [1.807, 2.05) is 29.2 Å². The van der Waals surface area contributed by atoms with E-state index in [4.69, 9.17) is 0 Å². The summed E-state index contributed by atoms with van der Waals surface area (Å²) >= 11 is 3.34. The van der Waals surface area contributed by atoms with Gasteiger partial charge >= 0.3 is 0 Å². The average Bonchev–Trinajstić information content (AvgIpc) is 3.10. The van der Waals surface area contributed by atoms with E-state index < -0.39 is 0 Å². The van der Waals surface area contributed by atoms with Crippen molar-refractivity contribution in [1.29, 1.82) is 0 Å². The monoisotopic (exact) mass is 386 g/mol. The van der Waals surface area contributed by atoms with Gasteiger partial charge in [-0.05, 0) is 36.6 Å². The number of hydrogen-bond acceptors (Lipinski definition) is 2. The Bertz CT molecular complexity index is 733. The molecule has 0 aliphatic carbocycles. The second kappa shape index (κ2) is 7.62. The van der Waals surface area contributed by atoms with Crippen molar-refractivity contribution in [1.82, 2.24) is 10.2 Å². The van der Waals surface area contributed by atoms with Crippen LogP contribution >= 0.6 is 15.9 Å². The topological polar surface area (TPSA) is 49.4 Å². The van der Waals surface area contributed by atoms with Gasteiger partial charge in [0.2, 0.25) is 5.91 Å². The first kappa shape index (κ1) is 16.7. The molecule has 5 heteroatoms. The molecule has 2 aromatic rings. The summed E-state index contributed by atoms with van der Waals surface area (Å²) in [6.45, 7) is 0.764. The highest BCUT2D eigenvalue weighted by Crippen LogP contribution is 2.31. The van der Waals surface area contributed by atoms with Crippen LogP contribution in [0.1, 0.15) is 34.8 Å². The number of carbonyl (C=O) groups excluding carboxylic acids is 2. The fourth-order valence-corrected chi connectivity index (χ4v) is 3.48. The predicted octanol–water partition coefficient (Wildman–Crippen LogP) is 3.54. The predicted molar refractivity (Wildman–Crippen MR) is 96.6 cm³/mol. The second-order valence-electron chi connectivity index (χ2n) is 5.85. The number of rotatable bonds is 4. The maximum Gasteiger partial charge on any atom is 0.251 e. The zero-order valence-electron chi connectivity index (χ0n) is 13.2. The highest BCUT2D eigenvalue weighted by atomic mass is 79.9. The van der Waals surface area contributed by atoms with Crippen LogP contribution in [0.5, 0.6) is 0 Å². The summed E-state index contributed by atoms with van der Waals surface area (Å²) in [6.07, 6.45) is 1.96. The van der Waals surface area contributed by atoms with Crippen molar-refractivity contribution in [2.45, 2.75) is 18.9 Å². The number of amides is 2. The van der Waals surface area contributed by atoms with Crippen LogP contribution in [-0.4, -0.2) is 29.8 Å². The van der Waals surface area contributed by atoms with E-state index in [2.05, 4.69) is 33.4 Å². The average molecular weight is 387 g/mol. The molecule has 124 valence electrons. The van der Waals surface area contributed by atoms with Gasteiger partial charge in [-0.2, -0.15) is 0 Å². The largest absolute Gasteiger partial charge is 0.343 e. The van der Waals surface area contributed by atoms with Gasteiger partial charge in [-0.25, -0.2) is 0 Å². The molecule has 1 aliphatic heterocycles. The molecule has 0 spiro atoms. The fourth-order valence-electron chi connectivity index (χ4n) is 3.08. The van der Waals surface area contributed by atoms with Crippen LogP contribution < -0.4 is 5.32 Å². The summed E-state index contributed by atoms with van der Waals surface area (Å²) in [4.78, 5) is 26.6. The number of benzene rings is 2. The van der Waals surface area contributed by atoms with E-state index in [9.17, 15) is 9.59 Å². The number of hydrogen-bond donors (Lipinski definition) is 1. The lowest BCUT2D eigenvalue weighted by atomic mass is 10.0. The molecule has 0 saturated carbocycles. The molecule has 3 rings (SSSR count). The van der Waals surface area contributed by atoms with Crippen molar-refractivity contribution in [3.8, 4) is 0 Å². The van der Waals surface area contributed by atoms with E-state index in [1.165, 1.54) is 0 Å². The first-order valence-corrected chi connectivity index (χ1v) is 8.82. The maximum atomic E-state index is 12.5. The first-order valence-electron chi connectivity index (χ1n) is 8.03. The van der Waals surface area contributed by atoms with Crippen molar-refractivity contribution >= 4 is 27.7 Å². The molecule has 1 atom stereocenters. The van der Waals surface area contributed by atoms with Crippen molar-refractivity contribution in [3.05, 3.63) is 70.2 Å². The fraction of sp³-hybridized carbons (Fsp3) is 0.263. The Kier molecular flexibility index (Phi) is 5.30. The SMILES string of the molecule is O=C(NCC(=O)N1CCCC1c1ccccc1)c1cccc(Br)c1. The van der Waals surface area contributed by atoms with Gasteiger partial charge in [0.25, 0.3) is 5.91 Å². The maximum absolute atomic E-state index is 12.5. The minimum Gasteiger partial charge on any atom is -0.343 e. The third-order valence-corrected chi connectivity index (χ3v) is 4.74. The molecular weight excluding hydrogens is 368 g/mol. The van der Waals surface area contributed by atoms with Crippen LogP contribution in [0, 0.1) is 0 Å². The van der Waals surface area contributed by atoms with Crippen molar-refractivity contribution in [2.75, 3.05) is 13.1 Å². The molecule has 1 aliphatic rings. The lowest BCUT2D eigenvalue weighted by Crippen LogP contribution is -2.39. The molecule has 4 nitrogen and oxygen atoms in total. The molecule has 0 bridgehead atoms. The van der Waals surface area contributed by atoms with Crippen molar-refractivity contribution in [2.24, 2.45) is 0 Å². The standard InChI is InChI=1S/C19H19BrN2O2/c20-16-9-4-8-15(12-16)19(24)21-13-18(23)22-11-5-10-17(22)14-6-2-1-3-7-14/h1-4,6-9,12,17H,5,10-11,13H2,(H,21,24). The van der Waals surface area contributed by atoms with Crippen molar-refractivity contribution < 1.29 is 9.59 Å². The van der Waals surface area contributed by atoms with Crippen LogP contribution in [0.2, 0.25) is 0 Å². The Morgan fingerprint density at radius 2 is 1.92 bits per heavy atom. The number of carbonyl (C=O) groups is 2. The van der Waals surface area contributed by atoms with E-state index in [-0.39, 0.29) is 24.4 Å². The lowest BCUT2D eigenvalue weighted by molar-refractivity contribution is -0.131. The van der Waals surface area contributed by atoms with Gasteiger partial charge in [-0.15, -0.1) is 0 Å². The van der Waals surface area contributed by atoms with Crippen LogP contribution in [0.4, 0.5) is 0 Å². The molecule has 1 heterocycles. The smallest absolute Gasteiger partial charge is 0.251 e. The molecule has 1 saturated heterocycles. The molecule has 1 N–H and O–H groups in total. The highest BCUT2D eigenvalue weighted by Gasteiger charge is 2.29. The summed E-state index contributed by atoms with van der Waals surface area (Å²) < 4.78 is 0.838. The van der Waals surface area contributed by atoms with Gasteiger partial charge in [0, 0.05) is 16.6 Å². The molecule has 1 fully saturated rings. The van der Waals surface area contributed by atoms with E-state index in [0.717, 1.165) is 29.4 Å². The number of nitrogens with zero attached hydrogens (tertiary/aromatic N) is 1. The van der Waals surface area contributed by atoms with E-state index in [1.54, 1.807) is 18.2 Å². The molecule has 2 aromatic carbocycles. The Hall–Kier alpha value is -2.14. The number of likely N-dealkylation sites (tertiary alicyclic amines) is 1. The third-order valence-electron chi connectivity index (χ3n) is 4.24. The zero-order chi connectivity index (χ0) is 16.9. The molecule has 1 unspecified atom stereocenters. The van der Waals surface area contributed by atoms with Gasteiger partial charge < -0.3 is 10.2 Å². The summed E-state index contributed by atoms with van der Waals surface area (Å²) in [5.74, 6) is -0.273. The van der Waals surface area contributed by atoms with Gasteiger partial charge in [-0.1, -0.05) is 52.3 Å². The lowest BCUT2D eigenvalue weighted by Gasteiger charge is -2.25. The van der Waals surface area contributed by atoms with E-state index >= 15 is 0 Å². The minimum atomic E-state index is -0.236. The third kappa shape index (κ3) is 3.85. The summed E-state index contributed by atoms with van der Waals surface area (Å²) in [5.41, 5.74) is 1.69. The van der Waals surface area contributed by atoms with Gasteiger partial charge in [0.15, 0.2) is 0 Å². The Labute approximate surface area is 150 Å². The highest BCUT2D eigenvalue weighted by molar-refractivity contribution is 9.10. The van der Waals surface area contributed by atoms with Crippen LogP contribution in [-0.2, 0) is 4.79 Å². The van der Waals surface area contributed by atoms with Gasteiger partial charge in [-0.3, -0.25) is 9.59 Å². The molecule has 0 radical (unpaired) electrons. The number of nitrogens with one attached hydrogen (secondary N) is 1. The first-order chi connectivity index (χ1) is 11.6. The molecule has 0 aromatic heterocycles. The molecular formula is C19H19BrN2O2. The van der Waals surface area contributed by atoms with Gasteiger partial charge in [0.1, 0.15) is 0 Å². The summed E-state index contributed by atoms with van der Waals surface area (Å²) in [7, 11) is 0. The summed E-state index contributed by atoms with van der Waals surface area (Å²) in [6, 6.07) is 17.3. The quantitative estimate of drug-likeness (QED) is 0.873. The normalized spacial score (nSPS) is 16.9.